The normalized spacial score (nSPS) is 27.9. The third kappa shape index (κ3) is 3.43. The van der Waals surface area contributed by atoms with Crippen molar-refractivity contribution in [3.05, 3.63) is 5.28 Å². The second kappa shape index (κ2) is 5.67. The van der Waals surface area contributed by atoms with E-state index in [1.807, 2.05) is 13.8 Å². The second-order valence-electron chi connectivity index (χ2n) is 4.34. The third-order valence-corrected chi connectivity index (χ3v) is 2.85. The molecule has 1 fully saturated rings. The van der Waals surface area contributed by atoms with Gasteiger partial charge in [-0.25, -0.2) is 0 Å². The fraction of sp³-hybridized carbons (Fsp3) is 0.727. The molecule has 0 aromatic carbocycles. The molecule has 0 amide bonds. The molecule has 2 heterocycles. The number of nitrogens with zero attached hydrogens (tertiary/aromatic N) is 3. The van der Waals surface area contributed by atoms with Gasteiger partial charge in [0.15, 0.2) is 0 Å². The number of hydrogen-bond acceptors (Lipinski definition) is 6. The lowest BCUT2D eigenvalue weighted by Crippen LogP contribution is -2.36. The van der Waals surface area contributed by atoms with Crippen LogP contribution in [0.2, 0.25) is 5.28 Å². The first-order chi connectivity index (χ1) is 8.56. The van der Waals surface area contributed by atoms with E-state index in [0.717, 1.165) is 12.8 Å². The highest BCUT2D eigenvalue weighted by molar-refractivity contribution is 6.28. The van der Waals surface area contributed by atoms with Crippen molar-refractivity contribution in [3.8, 4) is 12.0 Å². The number of rotatable bonds is 3. The fourth-order valence-electron chi connectivity index (χ4n) is 2.05. The topological polar surface area (TPSA) is 66.4 Å². The van der Waals surface area contributed by atoms with Crippen LogP contribution in [0.3, 0.4) is 0 Å². The molecule has 0 spiro atoms. The first kappa shape index (κ1) is 13.3. The third-order valence-electron chi connectivity index (χ3n) is 2.68. The molecule has 6 nitrogen and oxygen atoms in total. The molecule has 1 saturated heterocycles. The molecule has 0 N–H and O–H groups in total. The zero-order valence-corrected chi connectivity index (χ0v) is 11.3. The van der Waals surface area contributed by atoms with Crippen molar-refractivity contribution in [2.24, 2.45) is 0 Å². The minimum absolute atomic E-state index is 0.0203. The maximum absolute atomic E-state index is 5.76. The van der Waals surface area contributed by atoms with Crippen LogP contribution < -0.4 is 9.47 Å². The van der Waals surface area contributed by atoms with Crippen LogP contribution in [0.1, 0.15) is 26.7 Å². The maximum atomic E-state index is 5.76. The van der Waals surface area contributed by atoms with Crippen molar-refractivity contribution < 1.29 is 14.2 Å². The molecule has 100 valence electrons. The molecule has 7 heteroatoms. The van der Waals surface area contributed by atoms with Crippen LogP contribution in [-0.4, -0.2) is 40.4 Å². The van der Waals surface area contributed by atoms with E-state index in [1.165, 1.54) is 7.11 Å². The monoisotopic (exact) mass is 273 g/mol. The largest absolute Gasteiger partial charge is 0.467 e. The first-order valence-electron chi connectivity index (χ1n) is 5.84. The Kier molecular flexibility index (Phi) is 4.19. The zero-order chi connectivity index (χ0) is 13.1. The summed E-state index contributed by atoms with van der Waals surface area (Å²) in [6, 6.07) is 0.344. The van der Waals surface area contributed by atoms with Gasteiger partial charge < -0.3 is 14.2 Å². The maximum Gasteiger partial charge on any atom is 0.324 e. The van der Waals surface area contributed by atoms with Gasteiger partial charge in [-0.15, -0.1) is 4.98 Å². The summed E-state index contributed by atoms with van der Waals surface area (Å²) in [5.74, 6) is 0. The van der Waals surface area contributed by atoms with Crippen LogP contribution in [-0.2, 0) is 4.74 Å². The van der Waals surface area contributed by atoms with Gasteiger partial charge in [-0.1, -0.05) is 0 Å². The molecule has 2 atom stereocenters. The van der Waals surface area contributed by atoms with E-state index in [9.17, 15) is 0 Å². The molecule has 1 aromatic heterocycles. The van der Waals surface area contributed by atoms with E-state index < -0.39 is 0 Å². The predicted octanol–water partition coefficient (Wildman–Crippen LogP) is 1.87. The molecule has 18 heavy (non-hydrogen) atoms. The Morgan fingerprint density at radius 1 is 1.11 bits per heavy atom. The first-order valence-corrected chi connectivity index (χ1v) is 6.22. The van der Waals surface area contributed by atoms with Crippen LogP contribution in [0, 0.1) is 0 Å². The summed E-state index contributed by atoms with van der Waals surface area (Å²) in [5.41, 5.74) is 0. The van der Waals surface area contributed by atoms with E-state index in [4.69, 9.17) is 25.8 Å². The summed E-state index contributed by atoms with van der Waals surface area (Å²) < 4.78 is 16.3. The number of hydrogen-bond donors (Lipinski definition) is 0. The van der Waals surface area contributed by atoms with E-state index in [1.54, 1.807) is 0 Å². The van der Waals surface area contributed by atoms with Gasteiger partial charge >= 0.3 is 12.0 Å². The Hall–Kier alpha value is -1.14. The lowest BCUT2D eigenvalue weighted by molar-refractivity contribution is -0.0739. The van der Waals surface area contributed by atoms with Gasteiger partial charge in [-0.2, -0.15) is 9.97 Å². The van der Waals surface area contributed by atoms with Crippen molar-refractivity contribution >= 4 is 11.6 Å². The van der Waals surface area contributed by atoms with E-state index >= 15 is 0 Å². The van der Waals surface area contributed by atoms with Crippen LogP contribution in [0.15, 0.2) is 0 Å². The summed E-state index contributed by atoms with van der Waals surface area (Å²) in [6.07, 6.45) is 1.95. The minimum atomic E-state index is 0.0203. The SMILES string of the molecule is COc1nc(Cl)nc(OC2CC(C)OC(C)C2)n1. The molecular weight excluding hydrogens is 258 g/mol. The number of halogens is 1. The number of aromatic nitrogens is 3. The van der Waals surface area contributed by atoms with Crippen LogP contribution >= 0.6 is 11.6 Å². The molecule has 1 aliphatic rings. The van der Waals surface area contributed by atoms with Crippen molar-refractivity contribution in [2.75, 3.05) is 7.11 Å². The molecule has 1 aromatic rings. The van der Waals surface area contributed by atoms with E-state index in [0.29, 0.717) is 0 Å². The predicted molar refractivity (Wildman–Crippen MR) is 65.0 cm³/mol. The van der Waals surface area contributed by atoms with E-state index in [-0.39, 0.29) is 35.6 Å². The van der Waals surface area contributed by atoms with Gasteiger partial charge in [0.25, 0.3) is 0 Å². The Morgan fingerprint density at radius 2 is 1.72 bits per heavy atom. The number of ether oxygens (including phenoxy) is 3. The summed E-state index contributed by atoms with van der Waals surface area (Å²) >= 11 is 5.76. The Morgan fingerprint density at radius 3 is 2.33 bits per heavy atom. The van der Waals surface area contributed by atoms with Crippen molar-refractivity contribution in [1.29, 1.82) is 0 Å². The lowest BCUT2D eigenvalue weighted by Gasteiger charge is -2.31. The average Bonchev–Trinajstić information content (AvgIpc) is 2.26. The molecule has 1 aliphatic heterocycles. The minimum Gasteiger partial charge on any atom is -0.467 e. The highest BCUT2D eigenvalue weighted by Crippen LogP contribution is 2.23. The van der Waals surface area contributed by atoms with Crippen LogP contribution in [0.5, 0.6) is 12.0 Å². The van der Waals surface area contributed by atoms with Crippen molar-refractivity contribution in [1.82, 2.24) is 15.0 Å². The zero-order valence-electron chi connectivity index (χ0n) is 10.6. The Balaban J connectivity index is 2.06. The molecule has 0 bridgehead atoms. The fourth-order valence-corrected chi connectivity index (χ4v) is 2.19. The molecule has 2 unspecified atom stereocenters. The van der Waals surface area contributed by atoms with Gasteiger partial charge in [0, 0.05) is 12.8 Å². The van der Waals surface area contributed by atoms with Gasteiger partial charge in [0.05, 0.1) is 19.3 Å². The Bertz CT molecular complexity index is 409. The van der Waals surface area contributed by atoms with Crippen molar-refractivity contribution in [2.45, 2.75) is 45.0 Å². The summed E-state index contributed by atoms with van der Waals surface area (Å²) in [6.45, 7) is 4.04. The average molecular weight is 274 g/mol. The van der Waals surface area contributed by atoms with Gasteiger partial charge in [0.1, 0.15) is 6.10 Å². The molecule has 0 radical (unpaired) electrons. The Labute approximate surface area is 111 Å². The molecule has 2 rings (SSSR count). The quantitative estimate of drug-likeness (QED) is 0.838. The van der Waals surface area contributed by atoms with Crippen LogP contribution in [0.4, 0.5) is 0 Å². The standard InChI is InChI=1S/C11H16ClN3O3/c1-6-4-8(5-7(2)17-6)18-11-14-9(12)13-10(15-11)16-3/h6-8H,4-5H2,1-3H3. The van der Waals surface area contributed by atoms with E-state index in [2.05, 4.69) is 15.0 Å². The molecule has 0 aliphatic carbocycles. The van der Waals surface area contributed by atoms with Gasteiger partial charge in [0.2, 0.25) is 5.28 Å². The summed E-state index contributed by atoms with van der Waals surface area (Å²) in [4.78, 5) is 11.7. The highest BCUT2D eigenvalue weighted by atomic mass is 35.5. The lowest BCUT2D eigenvalue weighted by atomic mass is 10.0. The van der Waals surface area contributed by atoms with Crippen molar-refractivity contribution in [3.63, 3.8) is 0 Å². The highest BCUT2D eigenvalue weighted by Gasteiger charge is 2.26. The van der Waals surface area contributed by atoms with Crippen LogP contribution in [0.25, 0.3) is 0 Å². The summed E-state index contributed by atoms with van der Waals surface area (Å²) in [7, 11) is 1.47. The molecule has 0 saturated carbocycles. The van der Waals surface area contributed by atoms with Gasteiger partial charge in [-0.05, 0) is 25.4 Å². The smallest absolute Gasteiger partial charge is 0.324 e. The molecular formula is C11H16ClN3O3. The second-order valence-corrected chi connectivity index (χ2v) is 4.68. The van der Waals surface area contributed by atoms with Gasteiger partial charge in [-0.3, -0.25) is 0 Å². The summed E-state index contributed by atoms with van der Waals surface area (Å²) in [5, 5.41) is 0.0602. The number of methoxy groups -OCH3 is 1.